The zero-order valence-electron chi connectivity index (χ0n) is 20.3. The lowest BCUT2D eigenvalue weighted by molar-refractivity contribution is -0.184. The second-order valence-corrected chi connectivity index (χ2v) is 12.6. The average Bonchev–Trinajstić information content (AvgIpc) is 3.17. The summed E-state index contributed by atoms with van der Waals surface area (Å²) in [4.78, 5) is 2.00. The van der Waals surface area contributed by atoms with Crippen LogP contribution in [0.4, 0.5) is 26.3 Å². The molecule has 4 aliphatic rings. The van der Waals surface area contributed by atoms with Gasteiger partial charge in [-0.05, 0) is 80.1 Å². The number of alkyl halides is 6. The molecule has 2 aliphatic carbocycles. The monoisotopic (exact) mass is 551 g/mol. The third kappa shape index (κ3) is 5.58. The van der Waals surface area contributed by atoms with E-state index in [1.807, 2.05) is 35.3 Å². The third-order valence-corrected chi connectivity index (χ3v) is 10.2. The van der Waals surface area contributed by atoms with Crippen LogP contribution in [0.1, 0.15) is 42.4 Å². The molecule has 2 aliphatic heterocycles. The van der Waals surface area contributed by atoms with Gasteiger partial charge in [0.15, 0.2) is 0 Å². The molecule has 0 amide bonds. The number of piperidine rings is 1. The lowest BCUT2D eigenvalue weighted by atomic mass is 9.79. The fourth-order valence-corrected chi connectivity index (χ4v) is 8.46. The molecule has 0 aromatic heterocycles. The molecule has 1 aromatic carbocycles. The standard InChI is InChI=1S/C25H31F6N3O2S/c26-24(27,28)16-34-15-23(32-37(34,35)36)21-5-6-22(23)14-19-12-17(3-4-18(19)13-21)2-1-9-33-10-7-20(8-11-33)25(29,30)31/h1-4,12,20-22,32H,5-11,13-16H2/b2-1+. The SMILES string of the molecule is O=S1(=O)NC2(CN1CC(F)(F)F)C1CCC2Cc2cc(/C=C/CN3CCC(C(F)(F)F)CC3)ccc2C1. The molecule has 206 valence electrons. The van der Waals surface area contributed by atoms with Crippen LogP contribution >= 0.6 is 0 Å². The van der Waals surface area contributed by atoms with Crippen LogP contribution in [0.5, 0.6) is 0 Å². The van der Waals surface area contributed by atoms with E-state index in [0.717, 1.165) is 29.5 Å². The number of rotatable bonds is 4. The maximum Gasteiger partial charge on any atom is 0.402 e. The molecule has 2 bridgehead atoms. The number of halogens is 6. The van der Waals surface area contributed by atoms with Crippen LogP contribution in [0.15, 0.2) is 24.3 Å². The molecule has 12 heteroatoms. The fourth-order valence-electron chi connectivity index (χ4n) is 6.75. The first-order chi connectivity index (χ1) is 17.3. The van der Waals surface area contributed by atoms with Crippen LogP contribution in [-0.4, -0.2) is 68.2 Å². The number of benzene rings is 1. The van der Waals surface area contributed by atoms with Gasteiger partial charge < -0.3 is 0 Å². The van der Waals surface area contributed by atoms with E-state index in [1.54, 1.807) is 0 Å². The Labute approximate surface area is 213 Å². The molecule has 5 rings (SSSR count). The van der Waals surface area contributed by atoms with Crippen molar-refractivity contribution in [1.82, 2.24) is 13.9 Å². The molecule has 0 radical (unpaired) electrons. The number of nitrogens with zero attached hydrogens (tertiary/aromatic N) is 2. The molecule has 2 saturated heterocycles. The number of fused-ring (bicyclic) bond motifs is 1. The first-order valence-electron chi connectivity index (χ1n) is 12.7. The van der Waals surface area contributed by atoms with Crippen LogP contribution < -0.4 is 4.72 Å². The minimum Gasteiger partial charge on any atom is -0.300 e. The van der Waals surface area contributed by atoms with Gasteiger partial charge in [-0.1, -0.05) is 30.4 Å². The highest BCUT2D eigenvalue weighted by atomic mass is 32.2. The number of likely N-dealkylation sites (tertiary alicyclic amines) is 1. The molecule has 1 N–H and O–H groups in total. The highest BCUT2D eigenvalue weighted by Gasteiger charge is 2.60. The van der Waals surface area contributed by atoms with E-state index in [1.165, 1.54) is 0 Å². The van der Waals surface area contributed by atoms with Gasteiger partial charge in [-0.3, -0.25) is 4.90 Å². The predicted molar refractivity (Wildman–Crippen MR) is 127 cm³/mol. The predicted octanol–water partition coefficient (Wildman–Crippen LogP) is 4.55. The summed E-state index contributed by atoms with van der Waals surface area (Å²) in [6, 6.07) is 6.02. The number of hydrogen-bond donors (Lipinski definition) is 1. The van der Waals surface area contributed by atoms with Gasteiger partial charge in [0.1, 0.15) is 6.54 Å². The van der Waals surface area contributed by atoms with Crippen molar-refractivity contribution in [2.75, 3.05) is 32.7 Å². The van der Waals surface area contributed by atoms with Gasteiger partial charge in [0, 0.05) is 13.1 Å². The molecule has 1 saturated carbocycles. The third-order valence-electron chi connectivity index (χ3n) is 8.66. The summed E-state index contributed by atoms with van der Waals surface area (Å²) in [7, 11) is -4.22. The molecule has 1 aromatic rings. The van der Waals surface area contributed by atoms with Crippen molar-refractivity contribution in [3.05, 3.63) is 41.0 Å². The van der Waals surface area contributed by atoms with Crippen molar-refractivity contribution in [2.45, 2.75) is 56.4 Å². The van der Waals surface area contributed by atoms with Gasteiger partial charge in [0.05, 0.1) is 11.5 Å². The molecule has 1 spiro atoms. The van der Waals surface area contributed by atoms with Crippen LogP contribution in [0, 0.1) is 17.8 Å². The van der Waals surface area contributed by atoms with E-state index in [9.17, 15) is 34.8 Å². The second kappa shape index (κ2) is 9.53. The maximum absolute atomic E-state index is 13.1. The van der Waals surface area contributed by atoms with Gasteiger partial charge in [-0.2, -0.15) is 43.8 Å². The molecule has 3 fully saturated rings. The van der Waals surface area contributed by atoms with Crippen LogP contribution in [0.25, 0.3) is 6.08 Å². The molecule has 37 heavy (non-hydrogen) atoms. The fraction of sp³-hybridized carbons (Fsp3) is 0.680. The Morgan fingerprint density at radius 1 is 0.973 bits per heavy atom. The van der Waals surface area contributed by atoms with Crippen LogP contribution in [-0.2, 0) is 23.1 Å². The van der Waals surface area contributed by atoms with Crippen molar-refractivity contribution < 1.29 is 34.8 Å². The number of nitrogens with one attached hydrogen (secondary N) is 1. The Balaban J connectivity index is 1.26. The van der Waals surface area contributed by atoms with Gasteiger partial charge >= 0.3 is 12.4 Å². The van der Waals surface area contributed by atoms with Crippen molar-refractivity contribution >= 4 is 16.3 Å². The Morgan fingerprint density at radius 3 is 2.24 bits per heavy atom. The minimum atomic E-state index is -4.61. The smallest absolute Gasteiger partial charge is 0.300 e. The second-order valence-electron chi connectivity index (χ2n) is 11.0. The summed E-state index contributed by atoms with van der Waals surface area (Å²) >= 11 is 0. The van der Waals surface area contributed by atoms with Gasteiger partial charge in [0.2, 0.25) is 0 Å². The Hall–Kier alpha value is -1.63. The Morgan fingerprint density at radius 2 is 1.62 bits per heavy atom. The normalized spacial score (nSPS) is 31.3. The van der Waals surface area contributed by atoms with E-state index < -0.39 is 40.6 Å². The van der Waals surface area contributed by atoms with Crippen molar-refractivity contribution in [3.63, 3.8) is 0 Å². The largest absolute Gasteiger partial charge is 0.402 e. The zero-order valence-corrected chi connectivity index (χ0v) is 21.1. The first kappa shape index (κ1) is 27.0. The van der Waals surface area contributed by atoms with Crippen molar-refractivity contribution in [2.24, 2.45) is 17.8 Å². The highest BCUT2D eigenvalue weighted by molar-refractivity contribution is 7.87. The van der Waals surface area contributed by atoms with E-state index >= 15 is 0 Å². The lowest BCUT2D eigenvalue weighted by Crippen LogP contribution is -2.52. The average molecular weight is 552 g/mol. The van der Waals surface area contributed by atoms with E-state index in [0.29, 0.717) is 36.8 Å². The van der Waals surface area contributed by atoms with E-state index in [2.05, 4.69) is 4.72 Å². The lowest BCUT2D eigenvalue weighted by Gasteiger charge is -2.33. The molecule has 5 nitrogen and oxygen atoms in total. The van der Waals surface area contributed by atoms with Crippen LogP contribution in [0.3, 0.4) is 0 Å². The Kier molecular flexibility index (Phi) is 6.94. The molecular weight excluding hydrogens is 520 g/mol. The number of hydrogen-bond acceptors (Lipinski definition) is 3. The summed E-state index contributed by atoms with van der Waals surface area (Å²) in [6.45, 7) is -0.280. The van der Waals surface area contributed by atoms with E-state index in [4.69, 9.17) is 0 Å². The summed E-state index contributed by atoms with van der Waals surface area (Å²) in [5, 5.41) is 0. The topological polar surface area (TPSA) is 52.7 Å². The molecular formula is C25H31F6N3O2S. The summed E-state index contributed by atoms with van der Waals surface area (Å²) in [5.74, 6) is -1.39. The van der Waals surface area contributed by atoms with Gasteiger partial charge in [-0.15, -0.1) is 0 Å². The minimum absolute atomic E-state index is 0.0761. The molecule has 2 heterocycles. The van der Waals surface area contributed by atoms with Gasteiger partial charge in [-0.25, -0.2) is 0 Å². The molecule has 3 unspecified atom stereocenters. The first-order valence-corrected chi connectivity index (χ1v) is 14.1. The summed E-state index contributed by atoms with van der Waals surface area (Å²) < 4.78 is 106. The quantitative estimate of drug-likeness (QED) is 0.559. The van der Waals surface area contributed by atoms with Crippen molar-refractivity contribution in [1.29, 1.82) is 0 Å². The molecule has 3 atom stereocenters. The Bertz CT molecular complexity index is 1140. The van der Waals surface area contributed by atoms with Crippen molar-refractivity contribution in [3.8, 4) is 0 Å². The summed E-state index contributed by atoms with van der Waals surface area (Å²) in [6.07, 6.45) is -1.92. The highest BCUT2D eigenvalue weighted by Crippen LogP contribution is 2.50. The van der Waals surface area contributed by atoms with Gasteiger partial charge in [0.25, 0.3) is 10.2 Å². The zero-order chi connectivity index (χ0) is 26.6. The summed E-state index contributed by atoms with van der Waals surface area (Å²) in [5.41, 5.74) is 2.21. The van der Waals surface area contributed by atoms with Crippen LogP contribution in [0.2, 0.25) is 0 Å². The maximum atomic E-state index is 13.1. The van der Waals surface area contributed by atoms with E-state index in [-0.39, 0.29) is 31.2 Å².